The Kier molecular flexibility index (Phi) is 9.80. The molecule has 4 aromatic rings. The van der Waals surface area contributed by atoms with Gasteiger partial charge in [0.25, 0.3) is 0 Å². The molecule has 254 valence electrons. The van der Waals surface area contributed by atoms with Crippen LogP contribution in [-0.2, 0) is 20.8 Å². The number of rotatable bonds is 4. The minimum atomic E-state index is -0.624. The Morgan fingerprint density at radius 1 is 1.00 bits per heavy atom. The molecule has 0 amide bonds. The van der Waals surface area contributed by atoms with Crippen LogP contribution >= 0.6 is 0 Å². The number of ether oxygens (including phenoxy) is 5. The maximum absolute atomic E-state index is 13.3. The molecule has 0 radical (unpaired) electrons. The van der Waals surface area contributed by atoms with Crippen LogP contribution in [0.5, 0.6) is 11.5 Å². The molecule has 2 atom stereocenters. The number of carbonyl (C=O) groups is 2. The number of nitrogens with zero attached hydrogens (tertiary/aromatic N) is 2. The molecule has 9 nitrogen and oxygen atoms in total. The highest BCUT2D eigenvalue weighted by atomic mass is 16.6. The number of aromatic nitrogens is 1. The van der Waals surface area contributed by atoms with Crippen LogP contribution in [-0.4, -0.2) is 67.2 Å². The van der Waals surface area contributed by atoms with E-state index in [-0.39, 0.29) is 18.1 Å². The third kappa shape index (κ3) is 6.93. The van der Waals surface area contributed by atoms with Crippen molar-refractivity contribution < 1.29 is 33.3 Å². The summed E-state index contributed by atoms with van der Waals surface area (Å²) in [6, 6.07) is 13.8. The van der Waals surface area contributed by atoms with Crippen molar-refractivity contribution in [1.29, 1.82) is 0 Å². The Hall–Kier alpha value is -4.34. The molecule has 0 spiro atoms. The number of likely N-dealkylation sites (tertiary alicyclic amines) is 1. The van der Waals surface area contributed by atoms with Crippen molar-refractivity contribution in [3.8, 4) is 11.5 Å². The van der Waals surface area contributed by atoms with Crippen molar-refractivity contribution in [2.45, 2.75) is 77.7 Å². The normalized spacial score (nSPS) is 19.7. The number of hydrogen-bond acceptors (Lipinski definition) is 8. The van der Waals surface area contributed by atoms with Crippen molar-refractivity contribution in [3.63, 3.8) is 0 Å². The maximum atomic E-state index is 13.3. The van der Waals surface area contributed by atoms with Crippen LogP contribution in [0.2, 0.25) is 0 Å². The Balaban J connectivity index is 1.46. The lowest BCUT2D eigenvalue weighted by Crippen LogP contribution is -2.39. The highest BCUT2D eigenvalue weighted by Crippen LogP contribution is 2.42. The summed E-state index contributed by atoms with van der Waals surface area (Å²) >= 11 is 0. The van der Waals surface area contributed by atoms with Crippen LogP contribution in [0.15, 0.2) is 60.8 Å². The number of methoxy groups -OCH3 is 2. The second kappa shape index (κ2) is 14.0. The van der Waals surface area contributed by atoms with Gasteiger partial charge in [0.1, 0.15) is 17.1 Å². The minimum absolute atomic E-state index is 0.0451. The predicted octanol–water partition coefficient (Wildman–Crippen LogP) is 8.13. The molecule has 1 aromatic heterocycles. The number of esters is 1. The van der Waals surface area contributed by atoms with E-state index in [1.165, 1.54) is 7.11 Å². The van der Waals surface area contributed by atoms with E-state index in [1.54, 1.807) is 17.9 Å². The van der Waals surface area contributed by atoms with Gasteiger partial charge in [-0.3, -0.25) is 9.47 Å². The SMILES string of the molecule is COC(=O)c1ccc2c3cc(ccc13)OCCC/C=C/CO[C@H]1CCN(Cc3c(OC)cc(C)c4c3ccn4C(=O)OC(C)(C)C)[C@H]2C1. The standard InChI is InChI=1S/C39H46N2O7/c1-25-21-35(44-5)33(30-16-18-41(36(25)30)38(43)48-39(2,3)4)24-40-17-15-27-23-34(40)29-13-14-31(37(42)45-6)28-12-11-26(22-32(28)29)46-19-9-7-8-10-20-47-27/h8,10-14,16,18,21-22,27,34H,7,9,15,17,19-20,23-24H2,1-6H3/b10-8+/t27-,34-/m0/s1. The smallest absolute Gasteiger partial charge is 0.419 e. The number of aryl methyl sites for hydroxylation is 1. The fraction of sp³-hybridized carbons (Fsp3) is 0.436. The molecular weight excluding hydrogens is 608 g/mol. The lowest BCUT2D eigenvalue weighted by atomic mass is 9.88. The zero-order valence-corrected chi connectivity index (χ0v) is 28.8. The monoisotopic (exact) mass is 654 g/mol. The van der Waals surface area contributed by atoms with Crippen LogP contribution in [0.3, 0.4) is 0 Å². The Labute approximate surface area is 282 Å². The number of carbonyl (C=O) groups excluding carboxylic acids is 2. The minimum Gasteiger partial charge on any atom is -0.496 e. The van der Waals surface area contributed by atoms with Crippen molar-refractivity contribution in [2.75, 3.05) is 34.0 Å². The van der Waals surface area contributed by atoms with Gasteiger partial charge in [0.2, 0.25) is 0 Å². The molecule has 3 aromatic carbocycles. The van der Waals surface area contributed by atoms with Gasteiger partial charge in [-0.05, 0) is 112 Å². The molecular formula is C39H46N2O7. The van der Waals surface area contributed by atoms with Gasteiger partial charge in [-0.25, -0.2) is 9.59 Å². The highest BCUT2D eigenvalue weighted by molar-refractivity contribution is 6.06. The number of benzene rings is 3. The maximum Gasteiger partial charge on any atom is 0.419 e. The van der Waals surface area contributed by atoms with Crippen LogP contribution in [0.4, 0.5) is 4.79 Å². The van der Waals surface area contributed by atoms with E-state index in [1.807, 2.05) is 58.0 Å². The summed E-state index contributed by atoms with van der Waals surface area (Å²) in [6.45, 7) is 10.1. The Morgan fingerprint density at radius 3 is 2.60 bits per heavy atom. The van der Waals surface area contributed by atoms with Gasteiger partial charge in [0, 0.05) is 36.3 Å². The van der Waals surface area contributed by atoms with E-state index >= 15 is 0 Å². The average Bonchev–Trinajstić information content (AvgIpc) is 3.52. The van der Waals surface area contributed by atoms with E-state index < -0.39 is 11.7 Å². The van der Waals surface area contributed by atoms with Gasteiger partial charge >= 0.3 is 12.1 Å². The van der Waals surface area contributed by atoms with Gasteiger partial charge in [0.15, 0.2) is 0 Å². The largest absolute Gasteiger partial charge is 0.496 e. The Bertz CT molecular complexity index is 1850. The quantitative estimate of drug-likeness (QED) is 0.161. The summed E-state index contributed by atoms with van der Waals surface area (Å²) in [5, 5.41) is 2.72. The van der Waals surface area contributed by atoms with E-state index in [9.17, 15) is 9.59 Å². The van der Waals surface area contributed by atoms with Crippen LogP contribution < -0.4 is 9.47 Å². The highest BCUT2D eigenvalue weighted by Gasteiger charge is 2.33. The fourth-order valence-corrected chi connectivity index (χ4v) is 7.01. The van der Waals surface area contributed by atoms with E-state index in [0.717, 1.165) is 82.1 Å². The molecule has 0 unspecified atom stereocenters. The van der Waals surface area contributed by atoms with Gasteiger partial charge in [0.05, 0.1) is 44.6 Å². The third-order valence-corrected chi connectivity index (χ3v) is 9.23. The molecule has 3 heterocycles. The number of fused-ring (bicyclic) bond motifs is 5. The van der Waals surface area contributed by atoms with Crippen molar-refractivity contribution in [2.24, 2.45) is 0 Å². The Morgan fingerprint density at radius 2 is 1.83 bits per heavy atom. The molecule has 1 saturated heterocycles. The summed E-state index contributed by atoms with van der Waals surface area (Å²) in [6.07, 6.45) is 9.14. The van der Waals surface area contributed by atoms with Crippen LogP contribution in [0, 0.1) is 6.92 Å². The van der Waals surface area contributed by atoms with Crippen molar-refractivity contribution in [1.82, 2.24) is 9.47 Å². The van der Waals surface area contributed by atoms with Gasteiger partial charge in [-0.2, -0.15) is 0 Å². The van der Waals surface area contributed by atoms with Gasteiger partial charge in [-0.1, -0.05) is 18.2 Å². The molecule has 6 rings (SSSR count). The topological polar surface area (TPSA) is 88.5 Å². The summed E-state index contributed by atoms with van der Waals surface area (Å²) in [7, 11) is 3.10. The van der Waals surface area contributed by atoms with Crippen molar-refractivity contribution in [3.05, 3.63) is 83.1 Å². The van der Waals surface area contributed by atoms with E-state index in [4.69, 9.17) is 23.7 Å². The summed E-state index contributed by atoms with van der Waals surface area (Å²) in [4.78, 5) is 28.6. The summed E-state index contributed by atoms with van der Waals surface area (Å²) in [5.41, 5.74) is 3.72. The number of hydrogen-bond donors (Lipinski definition) is 0. The molecule has 0 aliphatic carbocycles. The molecule has 0 N–H and O–H groups in total. The lowest BCUT2D eigenvalue weighted by molar-refractivity contribution is -0.00745. The molecule has 48 heavy (non-hydrogen) atoms. The van der Waals surface area contributed by atoms with Crippen LogP contribution in [0.25, 0.3) is 21.7 Å². The fourth-order valence-electron chi connectivity index (χ4n) is 7.01. The first kappa shape index (κ1) is 33.6. The average molecular weight is 655 g/mol. The second-order valence-electron chi connectivity index (χ2n) is 13.6. The second-order valence-corrected chi connectivity index (χ2v) is 13.6. The molecule has 4 bridgehead atoms. The molecule has 9 heteroatoms. The summed E-state index contributed by atoms with van der Waals surface area (Å²) < 4.78 is 31.1. The van der Waals surface area contributed by atoms with Gasteiger partial charge < -0.3 is 23.7 Å². The first-order valence-corrected chi connectivity index (χ1v) is 16.8. The van der Waals surface area contributed by atoms with Crippen molar-refractivity contribution >= 4 is 33.7 Å². The molecule has 2 aliphatic heterocycles. The molecule has 2 aliphatic rings. The first-order chi connectivity index (χ1) is 23.1. The van der Waals surface area contributed by atoms with Gasteiger partial charge in [-0.15, -0.1) is 0 Å². The number of allylic oxidation sites excluding steroid dienone is 1. The zero-order chi connectivity index (χ0) is 34.0. The predicted molar refractivity (Wildman–Crippen MR) is 186 cm³/mol. The van der Waals surface area contributed by atoms with E-state index in [2.05, 4.69) is 29.2 Å². The summed E-state index contributed by atoms with van der Waals surface area (Å²) in [5.74, 6) is 1.16. The first-order valence-electron chi connectivity index (χ1n) is 16.8. The third-order valence-electron chi connectivity index (χ3n) is 9.23. The molecule has 1 fully saturated rings. The van der Waals surface area contributed by atoms with Crippen LogP contribution in [0.1, 0.15) is 79.5 Å². The number of piperidine rings is 1. The zero-order valence-electron chi connectivity index (χ0n) is 28.8. The van der Waals surface area contributed by atoms with E-state index in [0.29, 0.717) is 25.3 Å². The molecule has 0 saturated carbocycles. The lowest BCUT2D eigenvalue weighted by Gasteiger charge is -2.40.